The molecule has 1 saturated heterocycles. The second-order valence-corrected chi connectivity index (χ2v) is 6.41. The van der Waals surface area contributed by atoms with Gasteiger partial charge in [0, 0.05) is 19.7 Å². The number of hydrogen-bond acceptors (Lipinski definition) is 3. The van der Waals surface area contributed by atoms with Crippen molar-refractivity contribution in [2.45, 2.75) is 39.8 Å². The Bertz CT molecular complexity index is 511. The van der Waals surface area contributed by atoms with Crippen LogP contribution in [0.15, 0.2) is 29.3 Å². The minimum Gasteiger partial charge on any atom is -0.379 e. The molecule has 0 aromatic heterocycles. The zero-order valence-electron chi connectivity index (χ0n) is 15.0. The molecule has 2 N–H and O–H groups in total. The fourth-order valence-corrected chi connectivity index (χ4v) is 2.78. The molecule has 1 aliphatic heterocycles. The molecule has 5 nitrogen and oxygen atoms in total. The van der Waals surface area contributed by atoms with Gasteiger partial charge in [0.1, 0.15) is 0 Å². The first-order valence-electron chi connectivity index (χ1n) is 8.97. The maximum Gasteiger partial charge on any atom is 0.191 e. The van der Waals surface area contributed by atoms with Crippen LogP contribution in [0.25, 0.3) is 0 Å². The summed E-state index contributed by atoms with van der Waals surface area (Å²) in [5, 5.41) is 0. The lowest BCUT2D eigenvalue weighted by molar-refractivity contribution is 0.0453. The number of piperidine rings is 1. The van der Waals surface area contributed by atoms with E-state index in [1.807, 2.05) is 13.0 Å². The number of nitrogens with two attached hydrogens (primary N) is 1. The molecule has 5 heteroatoms. The zero-order chi connectivity index (χ0) is 17.2. The summed E-state index contributed by atoms with van der Waals surface area (Å²) in [4.78, 5) is 6.76. The van der Waals surface area contributed by atoms with Gasteiger partial charge >= 0.3 is 0 Å². The lowest BCUT2D eigenvalue weighted by Crippen LogP contribution is -2.42. The van der Waals surface area contributed by atoms with Crippen LogP contribution in [-0.2, 0) is 22.6 Å². The minimum atomic E-state index is 0.601. The first-order valence-corrected chi connectivity index (χ1v) is 8.97. The van der Waals surface area contributed by atoms with E-state index in [2.05, 4.69) is 35.0 Å². The van der Waals surface area contributed by atoms with E-state index in [1.54, 1.807) is 0 Å². The predicted molar refractivity (Wildman–Crippen MR) is 97.9 cm³/mol. The average molecular weight is 333 g/mol. The van der Waals surface area contributed by atoms with Crippen molar-refractivity contribution in [1.82, 2.24) is 4.90 Å². The SMILES string of the molecule is CCOCCOCc1cccc(CN=C(N)N2CCC(C)CC2)c1. The molecule has 1 heterocycles. The van der Waals surface area contributed by atoms with E-state index in [0.29, 0.717) is 32.3 Å². The molecule has 0 aliphatic carbocycles. The van der Waals surface area contributed by atoms with Gasteiger partial charge in [-0.3, -0.25) is 0 Å². The molecule has 1 aromatic rings. The molecule has 0 radical (unpaired) electrons. The standard InChI is InChI=1S/C19H31N3O2/c1-3-23-11-12-24-15-18-6-4-5-17(13-18)14-21-19(20)22-9-7-16(2)8-10-22/h4-6,13,16H,3,7-12,14-15H2,1-2H3,(H2,20,21). The number of likely N-dealkylation sites (tertiary alicyclic amines) is 1. The molecule has 0 saturated carbocycles. The Hall–Kier alpha value is -1.59. The van der Waals surface area contributed by atoms with Gasteiger partial charge in [0.25, 0.3) is 0 Å². The van der Waals surface area contributed by atoms with Crippen molar-refractivity contribution in [1.29, 1.82) is 0 Å². The maximum atomic E-state index is 6.14. The zero-order valence-corrected chi connectivity index (χ0v) is 15.0. The van der Waals surface area contributed by atoms with Crippen LogP contribution in [0.2, 0.25) is 0 Å². The van der Waals surface area contributed by atoms with E-state index in [1.165, 1.54) is 12.8 Å². The summed E-state index contributed by atoms with van der Waals surface area (Å²) in [6.45, 7) is 9.53. The van der Waals surface area contributed by atoms with E-state index >= 15 is 0 Å². The number of hydrogen-bond donors (Lipinski definition) is 1. The first kappa shape index (κ1) is 18.7. The van der Waals surface area contributed by atoms with Gasteiger partial charge in [0.05, 0.1) is 26.4 Å². The van der Waals surface area contributed by atoms with Crippen molar-refractivity contribution < 1.29 is 9.47 Å². The molecular formula is C19H31N3O2. The molecule has 0 atom stereocenters. The molecule has 2 rings (SSSR count). The highest BCUT2D eigenvalue weighted by Gasteiger charge is 2.16. The molecule has 1 aliphatic rings. The van der Waals surface area contributed by atoms with Crippen LogP contribution in [0.4, 0.5) is 0 Å². The molecule has 0 amide bonds. The van der Waals surface area contributed by atoms with Gasteiger partial charge in [-0.1, -0.05) is 31.2 Å². The Morgan fingerprint density at radius 3 is 2.67 bits per heavy atom. The highest BCUT2D eigenvalue weighted by atomic mass is 16.5. The number of nitrogens with zero attached hydrogens (tertiary/aromatic N) is 2. The monoisotopic (exact) mass is 333 g/mol. The minimum absolute atomic E-state index is 0.601. The third-order valence-corrected chi connectivity index (χ3v) is 4.37. The molecular weight excluding hydrogens is 302 g/mol. The first-order chi connectivity index (χ1) is 11.7. The highest BCUT2D eigenvalue weighted by Crippen LogP contribution is 2.16. The van der Waals surface area contributed by atoms with Gasteiger partial charge in [0.15, 0.2) is 5.96 Å². The summed E-state index contributed by atoms with van der Waals surface area (Å²) in [5.74, 6) is 1.47. The third-order valence-electron chi connectivity index (χ3n) is 4.37. The molecule has 1 aromatic carbocycles. The van der Waals surface area contributed by atoms with Crippen molar-refractivity contribution >= 4 is 5.96 Å². The summed E-state index contributed by atoms with van der Waals surface area (Å²) < 4.78 is 10.9. The van der Waals surface area contributed by atoms with Gasteiger partial charge in [-0.2, -0.15) is 0 Å². The second-order valence-electron chi connectivity index (χ2n) is 6.41. The molecule has 0 spiro atoms. The molecule has 0 unspecified atom stereocenters. The Morgan fingerprint density at radius 2 is 1.92 bits per heavy atom. The van der Waals surface area contributed by atoms with Crippen molar-refractivity contribution in [2.24, 2.45) is 16.6 Å². The lowest BCUT2D eigenvalue weighted by Gasteiger charge is -2.31. The quantitative estimate of drug-likeness (QED) is 0.451. The third kappa shape index (κ3) is 6.49. The summed E-state index contributed by atoms with van der Waals surface area (Å²) in [5.41, 5.74) is 8.46. The number of guanidine groups is 1. The number of aliphatic imine (C=N–C) groups is 1. The smallest absolute Gasteiger partial charge is 0.191 e. The van der Waals surface area contributed by atoms with Crippen LogP contribution in [0, 0.1) is 5.92 Å². The van der Waals surface area contributed by atoms with E-state index < -0.39 is 0 Å². The van der Waals surface area contributed by atoms with Gasteiger partial charge in [-0.25, -0.2) is 4.99 Å². The van der Waals surface area contributed by atoms with Crippen LogP contribution < -0.4 is 5.73 Å². The maximum absolute atomic E-state index is 6.14. The Labute approximate surface area is 145 Å². The molecule has 0 bridgehead atoms. The molecule has 134 valence electrons. The number of ether oxygens (including phenoxy) is 2. The van der Waals surface area contributed by atoms with E-state index in [9.17, 15) is 0 Å². The van der Waals surface area contributed by atoms with Crippen LogP contribution in [0.5, 0.6) is 0 Å². The summed E-state index contributed by atoms with van der Waals surface area (Å²) in [6, 6.07) is 8.34. The average Bonchev–Trinajstić information content (AvgIpc) is 2.60. The van der Waals surface area contributed by atoms with Crippen LogP contribution in [0.3, 0.4) is 0 Å². The van der Waals surface area contributed by atoms with Crippen molar-refractivity contribution in [3.63, 3.8) is 0 Å². The van der Waals surface area contributed by atoms with Crippen LogP contribution in [-0.4, -0.2) is 43.8 Å². The number of benzene rings is 1. The normalized spacial score (nSPS) is 16.6. The molecule has 24 heavy (non-hydrogen) atoms. The van der Waals surface area contributed by atoms with E-state index in [-0.39, 0.29) is 0 Å². The lowest BCUT2D eigenvalue weighted by atomic mass is 10.00. The molecule has 1 fully saturated rings. The fraction of sp³-hybridized carbons (Fsp3) is 0.632. The van der Waals surface area contributed by atoms with Crippen LogP contribution >= 0.6 is 0 Å². The number of rotatable bonds is 8. The van der Waals surface area contributed by atoms with Crippen LogP contribution in [0.1, 0.15) is 37.8 Å². The largest absolute Gasteiger partial charge is 0.379 e. The summed E-state index contributed by atoms with van der Waals surface area (Å²) in [6.07, 6.45) is 2.40. The predicted octanol–water partition coefficient (Wildman–Crippen LogP) is 2.79. The Balaban J connectivity index is 1.79. The second kappa shape index (κ2) is 10.3. The summed E-state index contributed by atoms with van der Waals surface area (Å²) in [7, 11) is 0. The van der Waals surface area contributed by atoms with Gasteiger partial charge in [-0.15, -0.1) is 0 Å². The van der Waals surface area contributed by atoms with Gasteiger partial charge in [0.2, 0.25) is 0 Å². The van der Waals surface area contributed by atoms with E-state index in [0.717, 1.165) is 36.7 Å². The van der Waals surface area contributed by atoms with Gasteiger partial charge in [-0.05, 0) is 36.8 Å². The van der Waals surface area contributed by atoms with E-state index in [4.69, 9.17) is 15.2 Å². The Kier molecular flexibility index (Phi) is 8.05. The Morgan fingerprint density at radius 1 is 1.21 bits per heavy atom. The topological polar surface area (TPSA) is 60.1 Å². The van der Waals surface area contributed by atoms with Gasteiger partial charge < -0.3 is 20.1 Å². The van der Waals surface area contributed by atoms with Crippen molar-refractivity contribution in [2.75, 3.05) is 32.9 Å². The van der Waals surface area contributed by atoms with Crippen molar-refractivity contribution in [3.8, 4) is 0 Å². The summed E-state index contributed by atoms with van der Waals surface area (Å²) >= 11 is 0. The highest BCUT2D eigenvalue weighted by molar-refractivity contribution is 5.78. The fourth-order valence-electron chi connectivity index (χ4n) is 2.78. The van der Waals surface area contributed by atoms with Crippen molar-refractivity contribution in [3.05, 3.63) is 35.4 Å².